The van der Waals surface area contributed by atoms with E-state index in [0.29, 0.717) is 19.6 Å². The third-order valence-electron chi connectivity index (χ3n) is 4.10. The van der Waals surface area contributed by atoms with Gasteiger partial charge in [0.15, 0.2) is 0 Å². The molecule has 0 radical (unpaired) electrons. The number of nitrogens with one attached hydrogen (secondary N) is 1. The van der Waals surface area contributed by atoms with E-state index in [4.69, 9.17) is 9.15 Å². The molecule has 1 heterocycles. The summed E-state index contributed by atoms with van der Waals surface area (Å²) in [6.45, 7) is 0.855. The van der Waals surface area contributed by atoms with Gasteiger partial charge in [0.25, 0.3) is 0 Å². The Morgan fingerprint density at radius 3 is 2.91 bits per heavy atom. The fraction of sp³-hybridized carbons (Fsp3) is 0.389. The minimum absolute atomic E-state index is 0.108. The number of aliphatic hydroxyl groups is 1. The van der Waals surface area contributed by atoms with Crippen molar-refractivity contribution in [2.45, 2.75) is 38.6 Å². The third-order valence-corrected chi connectivity index (χ3v) is 4.10. The summed E-state index contributed by atoms with van der Waals surface area (Å²) in [5.74, 6) is 0.377. The summed E-state index contributed by atoms with van der Waals surface area (Å²) in [4.78, 5) is 12.2. The van der Waals surface area contributed by atoms with Crippen molar-refractivity contribution < 1.29 is 19.1 Å². The molecule has 2 aromatic rings. The topological polar surface area (TPSA) is 71.7 Å². The van der Waals surface area contributed by atoms with E-state index in [-0.39, 0.29) is 11.8 Å². The highest BCUT2D eigenvalue weighted by Crippen LogP contribution is 2.27. The Hall–Kier alpha value is -2.11. The Morgan fingerprint density at radius 2 is 2.17 bits per heavy atom. The third kappa shape index (κ3) is 4.21. The highest BCUT2D eigenvalue weighted by Gasteiger charge is 2.31. The van der Waals surface area contributed by atoms with Gasteiger partial charge in [-0.15, -0.1) is 0 Å². The summed E-state index contributed by atoms with van der Waals surface area (Å²) in [6, 6.07) is 11.3. The highest BCUT2D eigenvalue weighted by atomic mass is 16.5. The lowest BCUT2D eigenvalue weighted by atomic mass is 10.1. The first-order chi connectivity index (χ1) is 11.2. The normalized spacial score (nSPS) is 20.6. The molecule has 0 aliphatic heterocycles. The van der Waals surface area contributed by atoms with Gasteiger partial charge < -0.3 is 19.6 Å². The predicted molar refractivity (Wildman–Crippen MR) is 85.6 cm³/mol. The average Bonchev–Trinajstić information content (AvgIpc) is 3.19. The molecule has 1 saturated carbocycles. The van der Waals surface area contributed by atoms with E-state index >= 15 is 0 Å². The van der Waals surface area contributed by atoms with E-state index in [1.807, 2.05) is 36.4 Å². The second-order valence-corrected chi connectivity index (χ2v) is 5.87. The van der Waals surface area contributed by atoms with E-state index in [2.05, 4.69) is 5.32 Å². The van der Waals surface area contributed by atoms with Crippen molar-refractivity contribution in [3.8, 4) is 0 Å². The molecule has 0 bridgehead atoms. The molecule has 1 aromatic carbocycles. The molecule has 1 aliphatic carbocycles. The Morgan fingerprint density at radius 1 is 1.26 bits per heavy atom. The Balaban J connectivity index is 1.53. The number of rotatable bonds is 6. The number of carbonyl (C=O) groups is 1. The van der Waals surface area contributed by atoms with Crippen molar-refractivity contribution in [3.63, 3.8) is 0 Å². The molecule has 1 aromatic heterocycles. The summed E-state index contributed by atoms with van der Waals surface area (Å²) in [5.41, 5.74) is 1.70. The molecule has 1 aliphatic rings. The van der Waals surface area contributed by atoms with Crippen LogP contribution in [-0.2, 0) is 22.7 Å². The lowest BCUT2D eigenvalue weighted by Gasteiger charge is -2.15. The number of anilines is 1. The number of furan rings is 1. The quantitative estimate of drug-likeness (QED) is 0.859. The molecule has 122 valence electrons. The maximum Gasteiger partial charge on any atom is 0.230 e. The minimum Gasteiger partial charge on any atom is -0.467 e. The maximum absolute atomic E-state index is 12.2. The molecule has 1 fully saturated rings. The minimum atomic E-state index is -0.519. The zero-order chi connectivity index (χ0) is 16.1. The first-order valence-corrected chi connectivity index (χ1v) is 7.90. The van der Waals surface area contributed by atoms with Crippen molar-refractivity contribution >= 4 is 11.6 Å². The van der Waals surface area contributed by atoms with Gasteiger partial charge >= 0.3 is 0 Å². The Kier molecular flexibility index (Phi) is 5.10. The molecule has 5 heteroatoms. The summed E-state index contributed by atoms with van der Waals surface area (Å²) in [5, 5.41) is 12.7. The number of hydrogen-bond acceptors (Lipinski definition) is 4. The Bertz CT molecular complexity index is 638. The summed E-state index contributed by atoms with van der Waals surface area (Å²) < 4.78 is 10.8. The van der Waals surface area contributed by atoms with Crippen LogP contribution in [0.4, 0.5) is 5.69 Å². The van der Waals surface area contributed by atoms with E-state index in [9.17, 15) is 9.90 Å². The Labute approximate surface area is 135 Å². The van der Waals surface area contributed by atoms with E-state index in [1.54, 1.807) is 6.26 Å². The lowest BCUT2D eigenvalue weighted by Crippen LogP contribution is -2.28. The van der Waals surface area contributed by atoms with Crippen molar-refractivity contribution in [3.05, 3.63) is 54.0 Å². The van der Waals surface area contributed by atoms with Crippen LogP contribution in [-0.4, -0.2) is 17.1 Å². The van der Waals surface area contributed by atoms with Crippen molar-refractivity contribution in [2.75, 3.05) is 5.32 Å². The first-order valence-electron chi connectivity index (χ1n) is 7.90. The van der Waals surface area contributed by atoms with Crippen LogP contribution in [0, 0.1) is 5.92 Å². The van der Waals surface area contributed by atoms with Crippen LogP contribution >= 0.6 is 0 Å². The largest absolute Gasteiger partial charge is 0.467 e. The van der Waals surface area contributed by atoms with Gasteiger partial charge in [-0.25, -0.2) is 0 Å². The van der Waals surface area contributed by atoms with Gasteiger partial charge in [0.2, 0.25) is 5.91 Å². The lowest BCUT2D eigenvalue weighted by molar-refractivity contribution is -0.122. The van der Waals surface area contributed by atoms with Crippen LogP contribution in [0.5, 0.6) is 0 Å². The fourth-order valence-electron chi connectivity index (χ4n) is 2.88. The second-order valence-electron chi connectivity index (χ2n) is 5.87. The molecule has 2 N–H and O–H groups in total. The molecule has 23 heavy (non-hydrogen) atoms. The maximum atomic E-state index is 12.2. The highest BCUT2D eigenvalue weighted by molar-refractivity contribution is 5.93. The molecular weight excluding hydrogens is 294 g/mol. The van der Waals surface area contributed by atoms with Gasteiger partial charge in [0.05, 0.1) is 24.9 Å². The molecule has 0 spiro atoms. The van der Waals surface area contributed by atoms with Gasteiger partial charge in [0, 0.05) is 5.69 Å². The zero-order valence-electron chi connectivity index (χ0n) is 12.9. The zero-order valence-corrected chi connectivity index (χ0v) is 12.9. The van der Waals surface area contributed by atoms with Crippen molar-refractivity contribution in [1.82, 2.24) is 0 Å². The van der Waals surface area contributed by atoms with Crippen molar-refractivity contribution in [1.29, 1.82) is 0 Å². The van der Waals surface area contributed by atoms with Crippen LogP contribution in [0.25, 0.3) is 0 Å². The van der Waals surface area contributed by atoms with Crippen LogP contribution in [0.15, 0.2) is 47.1 Å². The number of amides is 1. The monoisotopic (exact) mass is 315 g/mol. The fourth-order valence-corrected chi connectivity index (χ4v) is 2.88. The number of hydrogen-bond donors (Lipinski definition) is 2. The van der Waals surface area contributed by atoms with Crippen LogP contribution in [0.1, 0.15) is 30.6 Å². The molecule has 2 atom stereocenters. The summed E-state index contributed by atoms with van der Waals surface area (Å²) >= 11 is 0. The second kappa shape index (κ2) is 7.44. The van der Waals surface area contributed by atoms with Crippen LogP contribution in [0.2, 0.25) is 0 Å². The van der Waals surface area contributed by atoms with E-state index < -0.39 is 6.10 Å². The number of carbonyl (C=O) groups excluding carboxylic acids is 1. The number of benzene rings is 1. The summed E-state index contributed by atoms with van der Waals surface area (Å²) in [6.07, 6.45) is 3.46. The van der Waals surface area contributed by atoms with Gasteiger partial charge in [-0.2, -0.15) is 0 Å². The van der Waals surface area contributed by atoms with Gasteiger partial charge in [-0.3, -0.25) is 4.79 Å². The standard InChI is InChI=1S/C18H21NO4/c20-17-8-2-7-16(17)18(21)19-14-5-1-4-13(10-14)11-22-12-15-6-3-9-23-15/h1,3-6,9-10,16-17,20H,2,7-8,11-12H2,(H,19,21). The number of aliphatic hydroxyl groups excluding tert-OH is 1. The molecule has 2 unspecified atom stereocenters. The van der Waals surface area contributed by atoms with E-state index in [1.165, 1.54) is 0 Å². The van der Waals surface area contributed by atoms with Crippen LogP contribution in [0.3, 0.4) is 0 Å². The average molecular weight is 315 g/mol. The molecule has 1 amide bonds. The molecular formula is C18H21NO4. The molecule has 5 nitrogen and oxygen atoms in total. The van der Waals surface area contributed by atoms with E-state index in [0.717, 1.165) is 29.9 Å². The summed E-state index contributed by atoms with van der Waals surface area (Å²) in [7, 11) is 0. The molecule has 3 rings (SSSR count). The van der Waals surface area contributed by atoms with Gasteiger partial charge in [0.1, 0.15) is 12.4 Å². The first kappa shape index (κ1) is 15.8. The SMILES string of the molecule is O=C(Nc1cccc(COCc2ccco2)c1)C1CCCC1O. The van der Waals surface area contributed by atoms with Gasteiger partial charge in [-0.05, 0) is 49.1 Å². The molecule has 0 saturated heterocycles. The smallest absolute Gasteiger partial charge is 0.230 e. The number of ether oxygens (including phenoxy) is 1. The van der Waals surface area contributed by atoms with Gasteiger partial charge in [-0.1, -0.05) is 12.1 Å². The predicted octanol–water partition coefficient (Wildman–Crippen LogP) is 3.10. The van der Waals surface area contributed by atoms with Crippen molar-refractivity contribution in [2.24, 2.45) is 5.92 Å². The van der Waals surface area contributed by atoms with Crippen LogP contribution < -0.4 is 5.32 Å².